The summed E-state index contributed by atoms with van der Waals surface area (Å²) >= 11 is 5.99. The van der Waals surface area contributed by atoms with Crippen LogP contribution in [-0.2, 0) is 11.2 Å². The lowest BCUT2D eigenvalue weighted by Gasteiger charge is -2.22. The molecule has 1 aromatic heterocycles. The Bertz CT molecular complexity index is 400. The zero-order valence-corrected chi connectivity index (χ0v) is 10.0. The Morgan fingerprint density at radius 2 is 2.50 bits per heavy atom. The molecule has 1 atom stereocenters. The molecule has 86 valence electrons. The molecule has 3 nitrogen and oxygen atoms in total. The van der Waals surface area contributed by atoms with Crippen LogP contribution in [0.3, 0.4) is 0 Å². The molecule has 0 bridgehead atoms. The molecule has 1 aliphatic heterocycles. The van der Waals surface area contributed by atoms with Gasteiger partial charge in [-0.25, -0.2) is 0 Å². The molecule has 1 aromatic rings. The summed E-state index contributed by atoms with van der Waals surface area (Å²) in [5.41, 5.74) is 0.490. The molecule has 1 N–H and O–H groups in total. The van der Waals surface area contributed by atoms with Gasteiger partial charge in [0.25, 0.3) is 0 Å². The van der Waals surface area contributed by atoms with Gasteiger partial charge in [-0.1, -0.05) is 11.6 Å². The largest absolute Gasteiger partial charge is 0.305 e. The Kier molecular flexibility index (Phi) is 3.26. The van der Waals surface area contributed by atoms with Crippen LogP contribution in [0.2, 0.25) is 5.02 Å². The first-order chi connectivity index (χ1) is 7.62. The molecule has 0 saturated carbocycles. The standard InChI is InChI=1S/C12H15ClN2O/c1-12(4-2-5-15-12)11(16)7-9-3-6-14-8-10(9)13/h3,6,8,15H,2,4-5,7H2,1H3. The summed E-state index contributed by atoms with van der Waals surface area (Å²) < 4.78 is 0. The smallest absolute Gasteiger partial charge is 0.156 e. The molecule has 2 rings (SSSR count). The Morgan fingerprint density at radius 1 is 1.69 bits per heavy atom. The molecule has 1 aliphatic rings. The lowest BCUT2D eigenvalue weighted by molar-refractivity contribution is -0.123. The molecule has 4 heteroatoms. The van der Waals surface area contributed by atoms with Gasteiger partial charge in [0.15, 0.2) is 5.78 Å². The molecule has 0 aliphatic carbocycles. The highest BCUT2D eigenvalue weighted by atomic mass is 35.5. The Morgan fingerprint density at radius 3 is 3.12 bits per heavy atom. The summed E-state index contributed by atoms with van der Waals surface area (Å²) in [4.78, 5) is 16.1. The molecular formula is C12H15ClN2O. The fourth-order valence-corrected chi connectivity index (χ4v) is 2.23. The molecule has 0 spiro atoms. The summed E-state index contributed by atoms with van der Waals surface area (Å²) in [6.45, 7) is 2.89. The number of Topliss-reactive ketones (excluding diaryl/α,β-unsaturated/α-hetero) is 1. The van der Waals surface area contributed by atoms with Gasteiger partial charge in [0.1, 0.15) is 0 Å². The van der Waals surface area contributed by atoms with Crippen LogP contribution < -0.4 is 5.32 Å². The maximum Gasteiger partial charge on any atom is 0.156 e. The normalized spacial score (nSPS) is 24.6. The van der Waals surface area contributed by atoms with Gasteiger partial charge in [0.2, 0.25) is 0 Å². The quantitative estimate of drug-likeness (QED) is 0.876. The molecule has 16 heavy (non-hydrogen) atoms. The van der Waals surface area contributed by atoms with E-state index in [0.29, 0.717) is 11.4 Å². The number of carbonyl (C=O) groups is 1. The zero-order chi connectivity index (χ0) is 11.6. The van der Waals surface area contributed by atoms with E-state index in [9.17, 15) is 4.79 Å². The van der Waals surface area contributed by atoms with Gasteiger partial charge < -0.3 is 5.32 Å². The number of halogens is 1. The Hall–Kier alpha value is -0.930. The van der Waals surface area contributed by atoms with Crippen LogP contribution in [0.15, 0.2) is 18.5 Å². The third-order valence-corrected chi connectivity index (χ3v) is 3.53. The van der Waals surface area contributed by atoms with Gasteiger partial charge in [0, 0.05) is 18.8 Å². The fraction of sp³-hybridized carbons (Fsp3) is 0.500. The highest BCUT2D eigenvalue weighted by molar-refractivity contribution is 6.31. The molecule has 0 amide bonds. The maximum absolute atomic E-state index is 12.1. The molecule has 2 heterocycles. The van der Waals surface area contributed by atoms with Gasteiger partial charge in [0.05, 0.1) is 10.6 Å². The van der Waals surface area contributed by atoms with Crippen molar-refractivity contribution in [2.45, 2.75) is 31.7 Å². The average Bonchev–Trinajstić information content (AvgIpc) is 2.70. The van der Waals surface area contributed by atoms with E-state index in [-0.39, 0.29) is 11.3 Å². The van der Waals surface area contributed by atoms with Crippen molar-refractivity contribution in [1.82, 2.24) is 10.3 Å². The van der Waals surface area contributed by atoms with Crippen molar-refractivity contribution in [3.63, 3.8) is 0 Å². The number of nitrogens with zero attached hydrogens (tertiary/aromatic N) is 1. The van der Waals surface area contributed by atoms with Gasteiger partial charge in [-0.05, 0) is 37.9 Å². The lowest BCUT2D eigenvalue weighted by atomic mass is 9.90. The van der Waals surface area contributed by atoms with Crippen molar-refractivity contribution in [2.24, 2.45) is 0 Å². The molecular weight excluding hydrogens is 224 g/mol. The fourth-order valence-electron chi connectivity index (χ4n) is 2.05. The number of aromatic nitrogens is 1. The van der Waals surface area contributed by atoms with Crippen LogP contribution in [0.4, 0.5) is 0 Å². The van der Waals surface area contributed by atoms with Crippen molar-refractivity contribution >= 4 is 17.4 Å². The second-order valence-electron chi connectivity index (χ2n) is 4.43. The number of hydrogen-bond acceptors (Lipinski definition) is 3. The van der Waals surface area contributed by atoms with E-state index in [1.807, 2.05) is 6.92 Å². The topological polar surface area (TPSA) is 42.0 Å². The molecule has 1 saturated heterocycles. The molecule has 0 aromatic carbocycles. The first kappa shape index (κ1) is 11.6. The summed E-state index contributed by atoms with van der Waals surface area (Å²) in [6, 6.07) is 1.80. The summed E-state index contributed by atoms with van der Waals surface area (Å²) in [5.74, 6) is 0.207. The van der Waals surface area contributed by atoms with E-state index in [2.05, 4.69) is 10.3 Å². The predicted molar refractivity (Wildman–Crippen MR) is 63.6 cm³/mol. The van der Waals surface area contributed by atoms with E-state index in [0.717, 1.165) is 24.9 Å². The predicted octanol–water partition coefficient (Wildman–Crippen LogP) is 1.99. The third-order valence-electron chi connectivity index (χ3n) is 3.19. The number of carbonyl (C=O) groups excluding carboxylic acids is 1. The van der Waals surface area contributed by atoms with Crippen LogP contribution in [0.5, 0.6) is 0 Å². The third kappa shape index (κ3) is 2.25. The monoisotopic (exact) mass is 238 g/mol. The van der Waals surface area contributed by atoms with Crippen LogP contribution in [0, 0.1) is 0 Å². The zero-order valence-electron chi connectivity index (χ0n) is 9.29. The second-order valence-corrected chi connectivity index (χ2v) is 4.84. The van der Waals surface area contributed by atoms with Gasteiger partial charge in [-0.2, -0.15) is 0 Å². The van der Waals surface area contributed by atoms with Crippen molar-refractivity contribution < 1.29 is 4.79 Å². The Balaban J connectivity index is 2.10. The van der Waals surface area contributed by atoms with Gasteiger partial charge in [-0.3, -0.25) is 9.78 Å². The summed E-state index contributed by atoms with van der Waals surface area (Å²) in [6.07, 6.45) is 5.60. The molecule has 1 fully saturated rings. The van der Waals surface area contributed by atoms with Crippen molar-refractivity contribution in [3.8, 4) is 0 Å². The minimum absolute atomic E-state index is 0.207. The van der Waals surface area contributed by atoms with Crippen molar-refractivity contribution in [2.75, 3.05) is 6.54 Å². The highest BCUT2D eigenvalue weighted by Gasteiger charge is 2.35. The van der Waals surface area contributed by atoms with Crippen LogP contribution in [0.25, 0.3) is 0 Å². The van der Waals surface area contributed by atoms with Crippen LogP contribution in [-0.4, -0.2) is 22.9 Å². The number of hydrogen-bond donors (Lipinski definition) is 1. The van der Waals surface area contributed by atoms with Gasteiger partial charge >= 0.3 is 0 Å². The van der Waals surface area contributed by atoms with E-state index in [1.54, 1.807) is 18.5 Å². The van der Waals surface area contributed by atoms with Crippen molar-refractivity contribution in [1.29, 1.82) is 0 Å². The van der Waals surface area contributed by atoms with E-state index < -0.39 is 0 Å². The first-order valence-corrected chi connectivity index (χ1v) is 5.86. The maximum atomic E-state index is 12.1. The number of rotatable bonds is 3. The average molecular weight is 239 g/mol. The van der Waals surface area contributed by atoms with Crippen LogP contribution >= 0.6 is 11.6 Å². The van der Waals surface area contributed by atoms with E-state index in [1.165, 1.54) is 0 Å². The Labute approximate surface area is 100 Å². The van der Waals surface area contributed by atoms with E-state index in [4.69, 9.17) is 11.6 Å². The minimum Gasteiger partial charge on any atom is -0.305 e. The number of pyridine rings is 1. The summed E-state index contributed by atoms with van der Waals surface area (Å²) in [5, 5.41) is 3.83. The number of ketones is 1. The van der Waals surface area contributed by atoms with Crippen LogP contribution in [0.1, 0.15) is 25.3 Å². The lowest BCUT2D eigenvalue weighted by Crippen LogP contribution is -2.45. The minimum atomic E-state index is -0.368. The van der Waals surface area contributed by atoms with E-state index >= 15 is 0 Å². The summed E-state index contributed by atoms with van der Waals surface area (Å²) in [7, 11) is 0. The second kappa shape index (κ2) is 4.52. The first-order valence-electron chi connectivity index (χ1n) is 5.48. The highest BCUT2D eigenvalue weighted by Crippen LogP contribution is 2.23. The van der Waals surface area contributed by atoms with Crippen molar-refractivity contribution in [3.05, 3.63) is 29.0 Å². The number of nitrogens with one attached hydrogen (secondary N) is 1. The SMILES string of the molecule is CC1(C(=O)Cc2ccncc2Cl)CCCN1. The van der Waals surface area contributed by atoms with Gasteiger partial charge in [-0.15, -0.1) is 0 Å². The molecule has 1 unspecified atom stereocenters. The molecule has 0 radical (unpaired) electrons.